The summed E-state index contributed by atoms with van der Waals surface area (Å²) in [4.78, 5) is 8.33. The SMILES string of the molecule is COc1ccc(-c2cnc(OC3C4CC5C[C@H]3CN(C5)C4)s2)cc1. The average molecular weight is 342 g/mol. The molecule has 4 heterocycles. The highest BCUT2D eigenvalue weighted by atomic mass is 32.1. The summed E-state index contributed by atoms with van der Waals surface area (Å²) < 4.78 is 11.6. The van der Waals surface area contributed by atoms with Gasteiger partial charge in [0.05, 0.1) is 12.0 Å². The first-order chi connectivity index (χ1) is 11.8. The van der Waals surface area contributed by atoms with E-state index in [2.05, 4.69) is 22.0 Å². The minimum atomic E-state index is 0.368. The van der Waals surface area contributed by atoms with Gasteiger partial charge in [-0.3, -0.25) is 0 Å². The van der Waals surface area contributed by atoms with Gasteiger partial charge < -0.3 is 14.4 Å². The summed E-state index contributed by atoms with van der Waals surface area (Å²) in [6.07, 6.45) is 4.98. The Bertz CT molecular complexity index is 699. The quantitative estimate of drug-likeness (QED) is 0.851. The van der Waals surface area contributed by atoms with Crippen molar-refractivity contribution < 1.29 is 9.47 Å². The lowest BCUT2D eigenvalue weighted by Crippen LogP contribution is -2.61. The van der Waals surface area contributed by atoms with Crippen LogP contribution in [0.4, 0.5) is 0 Å². The molecule has 5 heteroatoms. The van der Waals surface area contributed by atoms with E-state index in [9.17, 15) is 0 Å². The van der Waals surface area contributed by atoms with Gasteiger partial charge in [-0.25, -0.2) is 4.98 Å². The maximum absolute atomic E-state index is 6.39. The maximum Gasteiger partial charge on any atom is 0.273 e. The Morgan fingerprint density at radius 2 is 1.83 bits per heavy atom. The molecule has 3 saturated heterocycles. The van der Waals surface area contributed by atoms with E-state index in [1.807, 2.05) is 18.3 Å². The van der Waals surface area contributed by atoms with Crippen molar-refractivity contribution in [3.8, 4) is 21.4 Å². The fourth-order valence-electron chi connectivity index (χ4n) is 4.87. The van der Waals surface area contributed by atoms with Crippen LogP contribution >= 0.6 is 11.3 Å². The van der Waals surface area contributed by atoms with Crippen LogP contribution in [0.15, 0.2) is 30.5 Å². The predicted octanol–water partition coefficient (Wildman–Crippen LogP) is 3.54. The fraction of sp³-hybridized carbons (Fsp3) is 0.526. The lowest BCUT2D eigenvalue weighted by Gasteiger charge is -2.55. The van der Waals surface area contributed by atoms with E-state index >= 15 is 0 Å². The molecule has 1 aromatic heterocycles. The monoisotopic (exact) mass is 342 g/mol. The molecular formula is C19H22N2O2S. The molecule has 2 aromatic rings. The molecule has 0 amide bonds. The smallest absolute Gasteiger partial charge is 0.273 e. The van der Waals surface area contributed by atoms with Gasteiger partial charge in [-0.1, -0.05) is 11.3 Å². The van der Waals surface area contributed by atoms with Crippen LogP contribution in [0, 0.1) is 17.8 Å². The van der Waals surface area contributed by atoms with Crippen LogP contribution in [-0.4, -0.2) is 42.7 Å². The van der Waals surface area contributed by atoms with Gasteiger partial charge in [0.2, 0.25) is 0 Å². The van der Waals surface area contributed by atoms with Crippen molar-refractivity contribution in [2.24, 2.45) is 17.8 Å². The molecule has 4 fully saturated rings. The van der Waals surface area contributed by atoms with Crippen molar-refractivity contribution in [2.45, 2.75) is 18.9 Å². The third kappa shape index (κ3) is 2.50. The Kier molecular flexibility index (Phi) is 3.52. The van der Waals surface area contributed by atoms with E-state index in [4.69, 9.17) is 9.47 Å². The lowest BCUT2D eigenvalue weighted by molar-refractivity contribution is -0.0985. The van der Waals surface area contributed by atoms with Crippen molar-refractivity contribution in [2.75, 3.05) is 26.7 Å². The molecule has 6 rings (SSSR count). The Hall–Kier alpha value is -1.59. The minimum Gasteiger partial charge on any atom is -0.497 e. The molecule has 4 aliphatic rings. The zero-order chi connectivity index (χ0) is 16.1. The van der Waals surface area contributed by atoms with E-state index in [-0.39, 0.29) is 0 Å². The second-order valence-electron chi connectivity index (χ2n) is 7.38. The van der Waals surface area contributed by atoms with Gasteiger partial charge in [0.1, 0.15) is 11.9 Å². The van der Waals surface area contributed by atoms with E-state index < -0.39 is 0 Å². The molecular weight excluding hydrogens is 320 g/mol. The molecule has 0 spiro atoms. The number of rotatable bonds is 4. The molecule has 0 radical (unpaired) electrons. The summed E-state index contributed by atoms with van der Waals surface area (Å²) in [6, 6.07) is 8.13. The van der Waals surface area contributed by atoms with E-state index in [0.29, 0.717) is 17.9 Å². The number of nitrogens with zero attached hydrogens (tertiary/aromatic N) is 2. The van der Waals surface area contributed by atoms with Gasteiger partial charge in [-0.15, -0.1) is 0 Å². The number of thiazole rings is 1. The molecule has 1 aromatic carbocycles. The van der Waals surface area contributed by atoms with Gasteiger partial charge in [0.15, 0.2) is 0 Å². The molecule has 4 bridgehead atoms. The van der Waals surface area contributed by atoms with Gasteiger partial charge in [-0.2, -0.15) is 0 Å². The van der Waals surface area contributed by atoms with E-state index in [1.165, 1.54) is 38.0 Å². The maximum atomic E-state index is 6.39. The Labute approximate surface area is 146 Å². The molecule has 4 unspecified atom stereocenters. The largest absolute Gasteiger partial charge is 0.497 e. The molecule has 24 heavy (non-hydrogen) atoms. The van der Waals surface area contributed by atoms with Crippen LogP contribution in [0.5, 0.6) is 10.9 Å². The second kappa shape index (κ2) is 5.74. The summed E-state index contributed by atoms with van der Waals surface area (Å²) in [5.41, 5.74) is 1.17. The van der Waals surface area contributed by atoms with Gasteiger partial charge in [0, 0.05) is 37.7 Å². The van der Waals surface area contributed by atoms with Crippen molar-refractivity contribution in [3.63, 3.8) is 0 Å². The molecule has 3 aliphatic heterocycles. The number of piperidine rings is 3. The molecule has 4 nitrogen and oxygen atoms in total. The topological polar surface area (TPSA) is 34.6 Å². The first-order valence-corrected chi connectivity index (χ1v) is 9.59. The summed E-state index contributed by atoms with van der Waals surface area (Å²) in [5, 5.41) is 0.827. The number of hydrogen-bond donors (Lipinski definition) is 0. The average Bonchev–Trinajstić information content (AvgIpc) is 3.06. The summed E-state index contributed by atoms with van der Waals surface area (Å²) >= 11 is 1.66. The number of hydrogen-bond acceptors (Lipinski definition) is 5. The number of ether oxygens (including phenoxy) is 2. The van der Waals surface area contributed by atoms with Crippen LogP contribution in [0.25, 0.3) is 10.4 Å². The van der Waals surface area contributed by atoms with Crippen molar-refractivity contribution in [1.29, 1.82) is 0 Å². The van der Waals surface area contributed by atoms with Gasteiger partial charge in [0.25, 0.3) is 5.19 Å². The third-order valence-corrected chi connectivity index (χ3v) is 6.74. The Morgan fingerprint density at radius 3 is 2.50 bits per heavy atom. The number of aromatic nitrogens is 1. The standard InChI is InChI=1S/C19H22N2O2S/c1-22-16-4-2-13(3-5-16)17-8-20-19(24-17)23-18-14-6-12-7-15(18)11-21(9-12)10-14/h2-5,8,12,14-15,18H,6-7,9-11H2,1H3/t12?,14-,15?,18?/m0/s1. The van der Waals surface area contributed by atoms with Crippen molar-refractivity contribution >= 4 is 11.3 Å². The van der Waals surface area contributed by atoms with Crippen LogP contribution < -0.4 is 9.47 Å². The summed E-state index contributed by atoms with van der Waals surface area (Å²) in [7, 11) is 1.69. The predicted molar refractivity (Wildman–Crippen MR) is 94.7 cm³/mol. The first-order valence-electron chi connectivity index (χ1n) is 8.78. The third-order valence-electron chi connectivity index (χ3n) is 5.80. The summed E-state index contributed by atoms with van der Waals surface area (Å²) in [5.74, 6) is 3.19. The highest BCUT2D eigenvalue weighted by Crippen LogP contribution is 2.45. The molecule has 126 valence electrons. The highest BCUT2D eigenvalue weighted by Gasteiger charge is 2.48. The molecule has 0 N–H and O–H groups in total. The Morgan fingerprint density at radius 1 is 1.08 bits per heavy atom. The van der Waals surface area contributed by atoms with Crippen LogP contribution in [0.2, 0.25) is 0 Å². The first kappa shape index (κ1) is 14.7. The van der Waals surface area contributed by atoms with Gasteiger partial charge in [-0.05, 0) is 48.6 Å². The highest BCUT2D eigenvalue weighted by molar-refractivity contribution is 7.16. The lowest BCUT2D eigenvalue weighted by atomic mass is 9.66. The van der Waals surface area contributed by atoms with Crippen LogP contribution in [0.3, 0.4) is 0 Å². The van der Waals surface area contributed by atoms with E-state index in [1.54, 1.807) is 18.4 Å². The van der Waals surface area contributed by atoms with Crippen LogP contribution in [-0.2, 0) is 0 Å². The second-order valence-corrected chi connectivity index (χ2v) is 8.37. The summed E-state index contributed by atoms with van der Waals surface area (Å²) in [6.45, 7) is 3.75. The number of benzene rings is 1. The van der Waals surface area contributed by atoms with Crippen molar-refractivity contribution in [1.82, 2.24) is 9.88 Å². The Balaban J connectivity index is 1.32. The fourth-order valence-corrected chi connectivity index (χ4v) is 5.69. The zero-order valence-corrected chi connectivity index (χ0v) is 14.7. The molecule has 1 aliphatic carbocycles. The molecule has 1 saturated carbocycles. The van der Waals surface area contributed by atoms with Gasteiger partial charge >= 0.3 is 0 Å². The molecule has 5 atom stereocenters. The minimum absolute atomic E-state index is 0.368. The zero-order valence-electron chi connectivity index (χ0n) is 13.9. The van der Waals surface area contributed by atoms with E-state index in [0.717, 1.165) is 21.7 Å². The van der Waals surface area contributed by atoms with Crippen molar-refractivity contribution in [3.05, 3.63) is 30.5 Å². The number of methoxy groups -OCH3 is 1. The normalized spacial score (nSPS) is 33.6. The van der Waals surface area contributed by atoms with Crippen LogP contribution in [0.1, 0.15) is 12.8 Å².